The Labute approximate surface area is 80.7 Å². The molecule has 2 unspecified atom stereocenters. The minimum Gasteiger partial charge on any atom is -0.389 e. The standard InChI is InChI=1S/C10H22N2O/c1-9(2,7-11)10(3,13)8-4-5-12-6-8/h8,12-13H,4-7,11H2,1-3H3. The van der Waals surface area contributed by atoms with Gasteiger partial charge in [0.2, 0.25) is 0 Å². The van der Waals surface area contributed by atoms with Crippen LogP contribution in [0.5, 0.6) is 0 Å². The molecule has 78 valence electrons. The first-order valence-corrected chi connectivity index (χ1v) is 5.05. The van der Waals surface area contributed by atoms with E-state index in [-0.39, 0.29) is 5.41 Å². The summed E-state index contributed by atoms with van der Waals surface area (Å²) in [5, 5.41) is 13.7. The SMILES string of the molecule is CC(C)(CN)C(C)(O)C1CCNC1. The van der Waals surface area contributed by atoms with Crippen molar-refractivity contribution in [1.29, 1.82) is 0 Å². The first-order valence-electron chi connectivity index (χ1n) is 5.05. The van der Waals surface area contributed by atoms with Crippen LogP contribution in [0.4, 0.5) is 0 Å². The summed E-state index contributed by atoms with van der Waals surface area (Å²) < 4.78 is 0. The van der Waals surface area contributed by atoms with E-state index >= 15 is 0 Å². The first kappa shape index (κ1) is 11.0. The van der Waals surface area contributed by atoms with Crippen LogP contribution in [0, 0.1) is 11.3 Å². The van der Waals surface area contributed by atoms with E-state index in [0.29, 0.717) is 12.5 Å². The van der Waals surface area contributed by atoms with Crippen molar-refractivity contribution in [3.8, 4) is 0 Å². The fourth-order valence-electron chi connectivity index (χ4n) is 1.89. The van der Waals surface area contributed by atoms with E-state index in [2.05, 4.69) is 5.32 Å². The molecule has 1 fully saturated rings. The molecule has 2 atom stereocenters. The molecule has 3 nitrogen and oxygen atoms in total. The molecule has 0 saturated carbocycles. The number of hydrogen-bond donors (Lipinski definition) is 3. The van der Waals surface area contributed by atoms with Crippen molar-refractivity contribution in [2.24, 2.45) is 17.1 Å². The second-order valence-electron chi connectivity index (χ2n) is 4.93. The lowest BCUT2D eigenvalue weighted by molar-refractivity contribution is -0.0873. The Morgan fingerprint density at radius 3 is 2.46 bits per heavy atom. The van der Waals surface area contributed by atoms with Crippen LogP contribution in [-0.2, 0) is 0 Å². The zero-order chi connectivity index (χ0) is 10.1. The molecular formula is C10H22N2O. The summed E-state index contributed by atoms with van der Waals surface area (Å²) in [6.45, 7) is 8.43. The molecule has 0 radical (unpaired) electrons. The Morgan fingerprint density at radius 1 is 1.46 bits per heavy atom. The van der Waals surface area contributed by atoms with Crippen molar-refractivity contribution >= 4 is 0 Å². The van der Waals surface area contributed by atoms with Crippen LogP contribution in [0.3, 0.4) is 0 Å². The van der Waals surface area contributed by atoms with Gasteiger partial charge in [-0.2, -0.15) is 0 Å². The molecule has 0 amide bonds. The number of aliphatic hydroxyl groups is 1. The van der Waals surface area contributed by atoms with Crippen LogP contribution in [0.1, 0.15) is 27.2 Å². The molecule has 1 aliphatic heterocycles. The Bertz CT molecular complexity index is 172. The predicted octanol–water partition coefficient (Wildman–Crippen LogP) is 0.332. The van der Waals surface area contributed by atoms with Gasteiger partial charge in [-0.25, -0.2) is 0 Å². The lowest BCUT2D eigenvalue weighted by Crippen LogP contribution is -2.52. The highest BCUT2D eigenvalue weighted by Crippen LogP contribution is 2.38. The number of nitrogens with one attached hydrogen (secondary N) is 1. The van der Waals surface area contributed by atoms with Gasteiger partial charge >= 0.3 is 0 Å². The molecule has 0 aromatic rings. The van der Waals surface area contributed by atoms with Gasteiger partial charge in [-0.15, -0.1) is 0 Å². The molecule has 1 heterocycles. The average Bonchev–Trinajstić information content (AvgIpc) is 2.56. The van der Waals surface area contributed by atoms with E-state index in [1.54, 1.807) is 0 Å². The topological polar surface area (TPSA) is 58.3 Å². The molecule has 13 heavy (non-hydrogen) atoms. The van der Waals surface area contributed by atoms with Crippen LogP contribution < -0.4 is 11.1 Å². The van der Waals surface area contributed by atoms with E-state index in [9.17, 15) is 5.11 Å². The van der Waals surface area contributed by atoms with Crippen LogP contribution in [0.25, 0.3) is 0 Å². The molecule has 1 rings (SSSR count). The largest absolute Gasteiger partial charge is 0.389 e. The fourth-order valence-corrected chi connectivity index (χ4v) is 1.89. The van der Waals surface area contributed by atoms with Crippen molar-refractivity contribution in [3.63, 3.8) is 0 Å². The van der Waals surface area contributed by atoms with Crippen LogP contribution in [-0.4, -0.2) is 30.3 Å². The summed E-state index contributed by atoms with van der Waals surface area (Å²) in [6, 6.07) is 0. The first-order chi connectivity index (χ1) is 5.92. The van der Waals surface area contributed by atoms with Crippen LogP contribution in [0.15, 0.2) is 0 Å². The van der Waals surface area contributed by atoms with Gasteiger partial charge in [0, 0.05) is 24.4 Å². The molecule has 0 aromatic heterocycles. The van der Waals surface area contributed by atoms with E-state index in [0.717, 1.165) is 19.5 Å². The van der Waals surface area contributed by atoms with Gasteiger partial charge in [-0.3, -0.25) is 0 Å². The monoisotopic (exact) mass is 186 g/mol. The summed E-state index contributed by atoms with van der Waals surface area (Å²) >= 11 is 0. The second kappa shape index (κ2) is 3.56. The zero-order valence-electron chi connectivity index (χ0n) is 8.93. The van der Waals surface area contributed by atoms with E-state index in [1.807, 2.05) is 20.8 Å². The Morgan fingerprint density at radius 2 is 2.08 bits per heavy atom. The number of rotatable bonds is 3. The minimum atomic E-state index is -0.661. The maximum atomic E-state index is 10.4. The highest BCUT2D eigenvalue weighted by atomic mass is 16.3. The Balaban J connectivity index is 2.73. The highest BCUT2D eigenvalue weighted by Gasteiger charge is 2.45. The second-order valence-corrected chi connectivity index (χ2v) is 4.93. The van der Waals surface area contributed by atoms with E-state index < -0.39 is 5.60 Å². The van der Waals surface area contributed by atoms with Gasteiger partial charge in [0.1, 0.15) is 0 Å². The smallest absolute Gasteiger partial charge is 0.0723 e. The predicted molar refractivity (Wildman–Crippen MR) is 54.4 cm³/mol. The third-order valence-corrected chi connectivity index (χ3v) is 3.74. The third-order valence-electron chi connectivity index (χ3n) is 3.74. The number of hydrogen-bond acceptors (Lipinski definition) is 3. The highest BCUT2D eigenvalue weighted by molar-refractivity contribution is 4.98. The molecule has 0 aliphatic carbocycles. The Hall–Kier alpha value is -0.120. The molecular weight excluding hydrogens is 164 g/mol. The summed E-state index contributed by atoms with van der Waals surface area (Å²) in [5.41, 5.74) is 4.81. The Kier molecular flexibility index (Phi) is 3.00. The molecule has 0 bridgehead atoms. The maximum absolute atomic E-state index is 10.4. The van der Waals surface area contributed by atoms with Crippen molar-refractivity contribution in [3.05, 3.63) is 0 Å². The van der Waals surface area contributed by atoms with E-state index in [1.165, 1.54) is 0 Å². The normalized spacial score (nSPS) is 28.8. The molecule has 3 heteroatoms. The third kappa shape index (κ3) is 1.87. The van der Waals surface area contributed by atoms with Crippen molar-refractivity contribution in [1.82, 2.24) is 5.32 Å². The molecule has 1 aliphatic rings. The fraction of sp³-hybridized carbons (Fsp3) is 1.00. The van der Waals surface area contributed by atoms with Gasteiger partial charge in [-0.05, 0) is 19.9 Å². The van der Waals surface area contributed by atoms with Gasteiger partial charge < -0.3 is 16.2 Å². The minimum absolute atomic E-state index is 0.205. The van der Waals surface area contributed by atoms with Gasteiger partial charge in [-0.1, -0.05) is 13.8 Å². The lowest BCUT2D eigenvalue weighted by Gasteiger charge is -2.43. The molecule has 4 N–H and O–H groups in total. The average molecular weight is 186 g/mol. The quantitative estimate of drug-likeness (QED) is 0.595. The molecule has 1 saturated heterocycles. The van der Waals surface area contributed by atoms with Gasteiger partial charge in [0.25, 0.3) is 0 Å². The summed E-state index contributed by atoms with van der Waals surface area (Å²) in [4.78, 5) is 0. The zero-order valence-corrected chi connectivity index (χ0v) is 8.93. The van der Waals surface area contributed by atoms with E-state index in [4.69, 9.17) is 5.73 Å². The van der Waals surface area contributed by atoms with Crippen molar-refractivity contribution in [2.45, 2.75) is 32.8 Å². The maximum Gasteiger partial charge on any atom is 0.0723 e. The summed E-state index contributed by atoms with van der Waals surface area (Å²) in [7, 11) is 0. The summed E-state index contributed by atoms with van der Waals surface area (Å²) in [6.07, 6.45) is 1.05. The van der Waals surface area contributed by atoms with Crippen molar-refractivity contribution in [2.75, 3.05) is 19.6 Å². The van der Waals surface area contributed by atoms with Gasteiger partial charge in [0.05, 0.1) is 5.60 Å². The number of nitrogens with two attached hydrogens (primary N) is 1. The van der Waals surface area contributed by atoms with Gasteiger partial charge in [0.15, 0.2) is 0 Å². The van der Waals surface area contributed by atoms with Crippen molar-refractivity contribution < 1.29 is 5.11 Å². The van der Waals surface area contributed by atoms with Crippen LogP contribution in [0.2, 0.25) is 0 Å². The summed E-state index contributed by atoms with van der Waals surface area (Å²) in [5.74, 6) is 0.339. The molecule has 0 spiro atoms. The molecule has 0 aromatic carbocycles. The van der Waals surface area contributed by atoms with Crippen LogP contribution >= 0.6 is 0 Å². The lowest BCUT2D eigenvalue weighted by atomic mass is 9.68.